The van der Waals surface area contributed by atoms with Gasteiger partial charge in [-0.3, -0.25) is 4.79 Å². The summed E-state index contributed by atoms with van der Waals surface area (Å²) in [5.74, 6) is -1.93. The van der Waals surface area contributed by atoms with Crippen molar-refractivity contribution in [2.24, 2.45) is 22.2 Å². The third-order valence-electron chi connectivity index (χ3n) is 22.0. The van der Waals surface area contributed by atoms with E-state index >= 15 is 4.79 Å². The summed E-state index contributed by atoms with van der Waals surface area (Å²) in [6.07, 6.45) is -11.2. The molecular formula is C70H76GeN2O16. The molecule has 1 spiro atoms. The monoisotopic (exact) mass is 1270 g/mol. The Bertz CT molecular complexity index is 3730. The van der Waals surface area contributed by atoms with Crippen molar-refractivity contribution in [3.63, 3.8) is 0 Å². The van der Waals surface area contributed by atoms with Crippen LogP contribution in [0.2, 0.25) is 11.5 Å². The number of aliphatic hydroxyl groups is 6. The zero-order valence-electron chi connectivity index (χ0n) is 51.0. The molecule has 0 aromatic heterocycles. The van der Waals surface area contributed by atoms with Crippen molar-refractivity contribution in [1.29, 1.82) is 0 Å². The van der Waals surface area contributed by atoms with E-state index in [4.69, 9.17) is 18.9 Å². The van der Waals surface area contributed by atoms with Gasteiger partial charge in [0, 0.05) is 29.6 Å². The average molecular weight is 1270 g/mol. The molecule has 0 radical (unpaired) electrons. The zero-order valence-corrected chi connectivity index (χ0v) is 53.1. The minimum absolute atomic E-state index is 0.00163. The van der Waals surface area contributed by atoms with Crippen LogP contribution in [0.1, 0.15) is 126 Å². The maximum atomic E-state index is 15.2. The molecule has 13 rings (SSSR count). The molecule has 5 aromatic rings. The molecule has 5 aromatic carbocycles. The number of benzene rings is 5. The van der Waals surface area contributed by atoms with E-state index in [1.54, 1.807) is 99.6 Å². The number of hydrogen-bond acceptors (Lipinski definition) is 18. The molecule has 6 N–H and O–H groups in total. The SMILES string of the molecule is CC1=C2[C@@H](O)C(=O)[C@@]3(C)[C@H]([C@H](OC(=O)c4ccccc4)[C@](O)(CC1OC(=O)[C@H](O)[C@@H](CC(=O)CCC(=O)c1ccc4c(c1)C1(OC4=O)c4ccc(N5CC(O)C5)c[c]4[Ge]([CH3])([CH3])[c]4cc(N5CC(O)C5)ccc41)c1ccccc1)C2(C)C)[C@]1(C)CO[C@@H]1C[C@@H]3O. The van der Waals surface area contributed by atoms with Crippen LogP contribution in [-0.4, -0.2) is 166 Å². The predicted molar refractivity (Wildman–Crippen MR) is 329 cm³/mol. The fourth-order valence-electron chi connectivity index (χ4n) is 16.6. The zero-order chi connectivity index (χ0) is 63.2. The van der Waals surface area contributed by atoms with Gasteiger partial charge in [0.2, 0.25) is 0 Å². The van der Waals surface area contributed by atoms with Crippen molar-refractivity contribution in [1.82, 2.24) is 0 Å². The second-order valence-corrected chi connectivity index (χ2v) is 36.8. The first kappa shape index (κ1) is 61.0. The molecule has 0 amide bonds. The molecular weight excluding hydrogens is 1200 g/mol. The van der Waals surface area contributed by atoms with Crippen LogP contribution in [0.4, 0.5) is 11.4 Å². The maximum Gasteiger partial charge on any atom is 0.0693 e. The molecule has 5 aliphatic heterocycles. The van der Waals surface area contributed by atoms with E-state index < -0.39 is 149 Å². The van der Waals surface area contributed by atoms with Gasteiger partial charge in [0.15, 0.2) is 11.9 Å². The van der Waals surface area contributed by atoms with Gasteiger partial charge in [-0.1, -0.05) is 69.3 Å². The van der Waals surface area contributed by atoms with Gasteiger partial charge in [-0.05, 0) is 42.7 Å². The van der Waals surface area contributed by atoms with E-state index in [9.17, 15) is 54.6 Å². The van der Waals surface area contributed by atoms with Crippen LogP contribution in [-0.2, 0) is 38.9 Å². The molecule has 3 saturated heterocycles. The third-order valence-corrected chi connectivity index (χ3v) is 29.4. The van der Waals surface area contributed by atoms with Gasteiger partial charge in [-0.15, -0.1) is 0 Å². The number of hydrogen-bond donors (Lipinski definition) is 6. The molecule has 1 unspecified atom stereocenters. The summed E-state index contributed by atoms with van der Waals surface area (Å²) in [4.78, 5) is 91.5. The van der Waals surface area contributed by atoms with E-state index in [2.05, 4.69) is 33.4 Å². The number of carbonyl (C=O) groups is 6. The summed E-state index contributed by atoms with van der Waals surface area (Å²) >= 11 is -3.28. The van der Waals surface area contributed by atoms with E-state index in [0.717, 1.165) is 31.3 Å². The van der Waals surface area contributed by atoms with Crippen LogP contribution < -0.4 is 18.6 Å². The van der Waals surface area contributed by atoms with Crippen LogP contribution in [0.15, 0.2) is 126 Å². The van der Waals surface area contributed by atoms with Crippen molar-refractivity contribution in [2.75, 3.05) is 42.6 Å². The topological polar surface area (TPSA) is 267 Å². The fraction of sp³-hybridized carbons (Fsp3) is 0.457. The Morgan fingerprint density at radius 3 is 1.90 bits per heavy atom. The maximum absolute atomic E-state index is 15.2. The Hall–Kier alpha value is -6.88. The van der Waals surface area contributed by atoms with Gasteiger partial charge in [0.1, 0.15) is 23.9 Å². The molecule has 8 aliphatic rings. The summed E-state index contributed by atoms with van der Waals surface area (Å²) in [6, 6.07) is 33.7. The predicted octanol–water partition coefficient (Wildman–Crippen LogP) is 5.06. The largest absolute Gasteiger partial charge is 0.392 e. The molecule has 11 atom stereocenters. The fourth-order valence-corrected chi connectivity index (χ4v) is 23.2. The number of β-amino-alcohol motifs (C(OH)–C–C–N with tert-alkyl or cyclic N) is 2. The Morgan fingerprint density at radius 2 is 1.33 bits per heavy atom. The van der Waals surface area contributed by atoms with E-state index in [1.807, 2.05) is 31.2 Å². The molecule has 19 heteroatoms. The molecule has 5 fully saturated rings. The number of nitrogens with zero attached hydrogens (tertiary/aromatic N) is 2. The molecule has 2 saturated carbocycles. The Kier molecular flexibility index (Phi) is 14.8. The summed E-state index contributed by atoms with van der Waals surface area (Å²) in [7, 11) is 0. The summed E-state index contributed by atoms with van der Waals surface area (Å²) < 4.78 is 27.5. The smallest absolute Gasteiger partial charge is 0.0693 e. The summed E-state index contributed by atoms with van der Waals surface area (Å²) in [6.45, 7) is 10.3. The summed E-state index contributed by atoms with van der Waals surface area (Å²) in [5, 5.41) is 70.8. The van der Waals surface area contributed by atoms with Crippen molar-refractivity contribution in [3.05, 3.63) is 165 Å². The Balaban J connectivity index is 0.778. The first-order chi connectivity index (χ1) is 42.1. The second-order valence-electron chi connectivity index (χ2n) is 27.7. The molecule has 18 nitrogen and oxygen atoms in total. The van der Waals surface area contributed by atoms with E-state index in [0.29, 0.717) is 42.9 Å². The number of ketones is 3. The molecule has 3 aliphatic carbocycles. The summed E-state index contributed by atoms with van der Waals surface area (Å²) in [5.41, 5.74) is -2.66. The van der Waals surface area contributed by atoms with Gasteiger partial charge in [-0.2, -0.15) is 0 Å². The van der Waals surface area contributed by atoms with Crippen molar-refractivity contribution >= 4 is 68.7 Å². The van der Waals surface area contributed by atoms with Crippen molar-refractivity contribution in [2.45, 2.75) is 144 Å². The Morgan fingerprint density at radius 1 is 0.730 bits per heavy atom. The normalized spacial score (nSPS) is 30.1. The number of ether oxygens (including phenoxy) is 4. The second kappa shape index (κ2) is 21.6. The van der Waals surface area contributed by atoms with Crippen molar-refractivity contribution < 1.29 is 78.4 Å². The van der Waals surface area contributed by atoms with Gasteiger partial charge in [0.05, 0.1) is 29.8 Å². The van der Waals surface area contributed by atoms with Crippen LogP contribution >= 0.6 is 0 Å². The molecule has 5 heterocycles. The first-order valence-corrected chi connectivity index (χ1v) is 37.2. The number of rotatable bonds is 14. The van der Waals surface area contributed by atoms with Crippen molar-refractivity contribution in [3.8, 4) is 0 Å². The van der Waals surface area contributed by atoms with Gasteiger partial charge >= 0.3 is 265 Å². The van der Waals surface area contributed by atoms with E-state index in [1.165, 1.54) is 6.92 Å². The van der Waals surface area contributed by atoms with E-state index in [-0.39, 0.29) is 48.1 Å². The van der Waals surface area contributed by atoms with Gasteiger partial charge < -0.3 is 34.6 Å². The molecule has 466 valence electrons. The molecule has 2 bridgehead atoms. The average Bonchev–Trinajstić information content (AvgIpc) is 1.50. The van der Waals surface area contributed by atoms with Crippen LogP contribution in [0.25, 0.3) is 0 Å². The number of carbonyl (C=O) groups excluding carboxylic acids is 6. The van der Waals surface area contributed by atoms with Crippen LogP contribution in [0.5, 0.6) is 0 Å². The molecule has 89 heavy (non-hydrogen) atoms. The number of fused-ring (bicyclic) bond motifs is 11. The minimum Gasteiger partial charge on any atom is -0.392 e. The van der Waals surface area contributed by atoms with Crippen LogP contribution in [0, 0.1) is 22.2 Å². The number of esters is 3. The quantitative estimate of drug-likeness (QED) is 0.0279. The van der Waals surface area contributed by atoms with Gasteiger partial charge in [0.25, 0.3) is 0 Å². The first-order valence-electron chi connectivity index (χ1n) is 30.9. The third kappa shape index (κ3) is 9.27. The Labute approximate surface area is 518 Å². The number of aliphatic hydroxyl groups excluding tert-OH is 5. The van der Waals surface area contributed by atoms with Gasteiger partial charge in [-0.25, -0.2) is 9.59 Å². The number of anilines is 2. The standard InChI is InChI=1S/C70H76GeN2O16/c1-37-54(31-69(85)62(88-63(82)39-16-12-9-13-17-39)60-67(4)36-86-56(67)30-55(78)68(60,5)61(81)59(80)57(37)66(69,2)3)87-65(84)58(79)47(38-14-10-8-11-15-38)29-43(74)21-25-53(77)40-18-22-46-50(26-40)70(89-64(46)83)48-23-19-41(72-32-44(75)33-72)27-51(48)71(6,7)52-28-42(20-24-49(52)70)73-34-45(76)35-73/h8-20,22-24,26-28,44-45,47,54-56,58-60,62,75-76,78-80,85H,21,25,29-36H2,1-7H3/t47-,54?,55-,56+,58+,59+,60+,62-,67+,68+,69+/m0/s1. The van der Waals surface area contributed by atoms with Crippen LogP contribution in [0.3, 0.4) is 0 Å². The number of Topliss-reactive ketones (excluding diaryl/α,β-unsaturated/α-hetero) is 3. The minimum atomic E-state index is -3.28.